The SMILES string of the molecule is Cc1ccc(CCC(=O)NCC(=O)N(CCCN)Cc2ccccc2)cc1.Cl. The summed E-state index contributed by atoms with van der Waals surface area (Å²) in [4.78, 5) is 26.4. The van der Waals surface area contributed by atoms with Crippen molar-refractivity contribution in [1.82, 2.24) is 10.2 Å². The molecule has 0 radical (unpaired) electrons. The van der Waals surface area contributed by atoms with Crippen LogP contribution in [0.1, 0.15) is 29.5 Å². The lowest BCUT2D eigenvalue weighted by atomic mass is 10.1. The van der Waals surface area contributed by atoms with Gasteiger partial charge >= 0.3 is 0 Å². The third-order valence-corrected chi connectivity index (χ3v) is 4.40. The van der Waals surface area contributed by atoms with Gasteiger partial charge in [-0.3, -0.25) is 9.59 Å². The van der Waals surface area contributed by atoms with Crippen LogP contribution in [0.25, 0.3) is 0 Å². The standard InChI is InChI=1S/C22H29N3O2.ClH/c1-18-8-10-19(11-9-18)12-13-21(26)24-16-22(27)25(15-5-14-23)17-20-6-3-2-4-7-20;/h2-4,6-11H,5,12-17,23H2,1H3,(H,24,26);1H. The summed E-state index contributed by atoms with van der Waals surface area (Å²) >= 11 is 0. The van der Waals surface area contributed by atoms with Gasteiger partial charge in [-0.05, 0) is 37.4 Å². The lowest BCUT2D eigenvalue weighted by Gasteiger charge is -2.23. The minimum absolute atomic E-state index is 0. The molecule has 0 heterocycles. The largest absolute Gasteiger partial charge is 0.347 e. The molecule has 2 aromatic carbocycles. The molecule has 0 bridgehead atoms. The van der Waals surface area contributed by atoms with E-state index in [0.29, 0.717) is 32.5 Å². The summed E-state index contributed by atoms with van der Waals surface area (Å²) in [5.74, 6) is -0.196. The highest BCUT2D eigenvalue weighted by Crippen LogP contribution is 2.07. The number of benzene rings is 2. The van der Waals surface area contributed by atoms with Crippen LogP contribution in [0.5, 0.6) is 0 Å². The van der Waals surface area contributed by atoms with Crippen molar-refractivity contribution in [2.24, 2.45) is 5.73 Å². The Labute approximate surface area is 173 Å². The number of hydrogen-bond acceptors (Lipinski definition) is 3. The number of amides is 2. The number of carbonyl (C=O) groups excluding carboxylic acids is 2. The van der Waals surface area contributed by atoms with Crippen molar-refractivity contribution in [2.75, 3.05) is 19.6 Å². The van der Waals surface area contributed by atoms with Crippen molar-refractivity contribution < 1.29 is 9.59 Å². The maximum absolute atomic E-state index is 12.5. The van der Waals surface area contributed by atoms with Crippen LogP contribution in [0, 0.1) is 6.92 Å². The van der Waals surface area contributed by atoms with E-state index >= 15 is 0 Å². The highest BCUT2D eigenvalue weighted by Gasteiger charge is 2.14. The lowest BCUT2D eigenvalue weighted by Crippen LogP contribution is -2.40. The molecule has 2 amide bonds. The molecular formula is C22H30ClN3O2. The molecular weight excluding hydrogens is 374 g/mol. The molecule has 0 aromatic heterocycles. The fraction of sp³-hybridized carbons (Fsp3) is 0.364. The number of carbonyl (C=O) groups is 2. The predicted molar refractivity (Wildman–Crippen MR) is 115 cm³/mol. The maximum atomic E-state index is 12.5. The Balaban J connectivity index is 0.00000392. The van der Waals surface area contributed by atoms with Crippen molar-refractivity contribution in [3.63, 3.8) is 0 Å². The Morgan fingerprint density at radius 1 is 1.00 bits per heavy atom. The number of halogens is 1. The molecule has 152 valence electrons. The predicted octanol–water partition coefficient (Wildman–Crippen LogP) is 2.84. The van der Waals surface area contributed by atoms with Gasteiger partial charge in [0.25, 0.3) is 0 Å². The Bertz CT molecular complexity index is 720. The minimum Gasteiger partial charge on any atom is -0.347 e. The first kappa shape index (κ1) is 23.7. The van der Waals surface area contributed by atoms with Crippen LogP contribution in [0.15, 0.2) is 54.6 Å². The second kappa shape index (κ2) is 12.9. The Hall–Kier alpha value is -2.37. The van der Waals surface area contributed by atoms with Gasteiger partial charge < -0.3 is 16.0 Å². The van der Waals surface area contributed by atoms with E-state index in [2.05, 4.69) is 5.32 Å². The van der Waals surface area contributed by atoms with Crippen molar-refractivity contribution in [3.8, 4) is 0 Å². The fourth-order valence-electron chi connectivity index (χ4n) is 2.76. The van der Waals surface area contributed by atoms with E-state index in [1.54, 1.807) is 4.90 Å². The van der Waals surface area contributed by atoms with Crippen molar-refractivity contribution in [1.29, 1.82) is 0 Å². The van der Waals surface area contributed by atoms with Gasteiger partial charge in [-0.1, -0.05) is 60.2 Å². The normalized spacial score (nSPS) is 10.1. The fourth-order valence-corrected chi connectivity index (χ4v) is 2.76. The number of hydrogen-bond donors (Lipinski definition) is 2. The second-order valence-corrected chi connectivity index (χ2v) is 6.71. The molecule has 3 N–H and O–H groups in total. The number of nitrogens with one attached hydrogen (secondary N) is 1. The highest BCUT2D eigenvalue weighted by molar-refractivity contribution is 5.85. The summed E-state index contributed by atoms with van der Waals surface area (Å²) in [6.07, 6.45) is 1.78. The smallest absolute Gasteiger partial charge is 0.242 e. The summed E-state index contributed by atoms with van der Waals surface area (Å²) in [7, 11) is 0. The average molecular weight is 404 g/mol. The number of nitrogens with two attached hydrogens (primary N) is 1. The first-order chi connectivity index (χ1) is 13.1. The van der Waals surface area contributed by atoms with Crippen LogP contribution >= 0.6 is 12.4 Å². The van der Waals surface area contributed by atoms with Crippen molar-refractivity contribution in [2.45, 2.75) is 32.7 Å². The van der Waals surface area contributed by atoms with E-state index in [-0.39, 0.29) is 30.8 Å². The summed E-state index contributed by atoms with van der Waals surface area (Å²) < 4.78 is 0. The molecule has 0 aliphatic rings. The molecule has 0 fully saturated rings. The average Bonchev–Trinajstić information content (AvgIpc) is 2.69. The van der Waals surface area contributed by atoms with E-state index < -0.39 is 0 Å². The van der Waals surface area contributed by atoms with E-state index in [0.717, 1.165) is 17.5 Å². The van der Waals surface area contributed by atoms with Crippen LogP contribution in [-0.2, 0) is 22.6 Å². The number of aryl methyl sites for hydroxylation is 2. The van der Waals surface area contributed by atoms with Gasteiger partial charge in [0.1, 0.15) is 0 Å². The molecule has 0 atom stereocenters. The zero-order valence-corrected chi connectivity index (χ0v) is 17.2. The van der Waals surface area contributed by atoms with Gasteiger partial charge in [0, 0.05) is 19.5 Å². The third-order valence-electron chi connectivity index (χ3n) is 4.40. The molecule has 2 aromatic rings. The van der Waals surface area contributed by atoms with Gasteiger partial charge in [-0.25, -0.2) is 0 Å². The summed E-state index contributed by atoms with van der Waals surface area (Å²) in [5.41, 5.74) is 8.97. The molecule has 0 saturated carbocycles. The van der Waals surface area contributed by atoms with Crippen LogP contribution in [0.3, 0.4) is 0 Å². The Kier molecular flexibility index (Phi) is 10.9. The zero-order valence-electron chi connectivity index (χ0n) is 16.4. The quantitative estimate of drug-likeness (QED) is 0.640. The van der Waals surface area contributed by atoms with E-state index in [1.165, 1.54) is 5.56 Å². The molecule has 0 aliphatic carbocycles. The van der Waals surface area contributed by atoms with Crippen molar-refractivity contribution in [3.05, 3.63) is 71.3 Å². The van der Waals surface area contributed by atoms with Gasteiger partial charge in [-0.2, -0.15) is 0 Å². The first-order valence-electron chi connectivity index (χ1n) is 9.42. The monoisotopic (exact) mass is 403 g/mol. The molecule has 6 heteroatoms. The van der Waals surface area contributed by atoms with E-state index in [4.69, 9.17) is 5.73 Å². The second-order valence-electron chi connectivity index (χ2n) is 6.71. The molecule has 5 nitrogen and oxygen atoms in total. The molecule has 0 aliphatic heterocycles. The maximum Gasteiger partial charge on any atom is 0.242 e. The number of nitrogens with zero attached hydrogens (tertiary/aromatic N) is 1. The lowest BCUT2D eigenvalue weighted by molar-refractivity contribution is -0.133. The molecule has 0 unspecified atom stereocenters. The van der Waals surface area contributed by atoms with Crippen LogP contribution < -0.4 is 11.1 Å². The summed E-state index contributed by atoms with van der Waals surface area (Å²) in [6, 6.07) is 18.0. The van der Waals surface area contributed by atoms with Gasteiger partial charge in [0.15, 0.2) is 0 Å². The van der Waals surface area contributed by atoms with Crippen molar-refractivity contribution >= 4 is 24.2 Å². The van der Waals surface area contributed by atoms with E-state index in [9.17, 15) is 9.59 Å². The molecule has 0 saturated heterocycles. The Morgan fingerprint density at radius 3 is 2.32 bits per heavy atom. The summed E-state index contributed by atoms with van der Waals surface area (Å²) in [6.45, 7) is 3.70. The van der Waals surface area contributed by atoms with Crippen LogP contribution in [0.4, 0.5) is 0 Å². The van der Waals surface area contributed by atoms with Gasteiger partial charge in [0.05, 0.1) is 6.54 Å². The highest BCUT2D eigenvalue weighted by atomic mass is 35.5. The minimum atomic E-state index is -0.109. The summed E-state index contributed by atoms with van der Waals surface area (Å²) in [5, 5.41) is 2.75. The van der Waals surface area contributed by atoms with Gasteiger partial charge in [0.2, 0.25) is 11.8 Å². The Morgan fingerprint density at radius 2 is 1.68 bits per heavy atom. The first-order valence-corrected chi connectivity index (χ1v) is 9.42. The van der Waals surface area contributed by atoms with Crippen LogP contribution in [-0.4, -0.2) is 36.3 Å². The number of rotatable bonds is 10. The zero-order chi connectivity index (χ0) is 19.5. The van der Waals surface area contributed by atoms with E-state index in [1.807, 2.05) is 61.5 Å². The molecule has 0 spiro atoms. The third kappa shape index (κ3) is 8.55. The van der Waals surface area contributed by atoms with Gasteiger partial charge in [-0.15, -0.1) is 12.4 Å². The molecule has 28 heavy (non-hydrogen) atoms. The van der Waals surface area contributed by atoms with Crippen LogP contribution in [0.2, 0.25) is 0 Å². The topological polar surface area (TPSA) is 75.4 Å². The molecule has 2 rings (SSSR count).